The molecule has 1 fully saturated rings. The summed E-state index contributed by atoms with van der Waals surface area (Å²) < 4.78 is 0. The Morgan fingerprint density at radius 3 is 2.65 bits per heavy atom. The van der Waals surface area contributed by atoms with Crippen LogP contribution in [0.2, 0.25) is 0 Å². The van der Waals surface area contributed by atoms with Crippen LogP contribution in [0.4, 0.5) is 0 Å². The van der Waals surface area contributed by atoms with Gasteiger partial charge in [-0.1, -0.05) is 44.2 Å². The Kier molecular flexibility index (Phi) is 4.81. The van der Waals surface area contributed by atoms with Gasteiger partial charge in [-0.25, -0.2) is 0 Å². The van der Waals surface area contributed by atoms with Crippen molar-refractivity contribution in [1.82, 2.24) is 4.90 Å². The topological polar surface area (TPSA) is 46.3 Å². The summed E-state index contributed by atoms with van der Waals surface area (Å²) in [6, 6.07) is 9.59. The van der Waals surface area contributed by atoms with E-state index in [0.29, 0.717) is 11.8 Å². The smallest absolute Gasteiger partial charge is 0.239 e. The Labute approximate surface area is 122 Å². The van der Waals surface area contributed by atoms with Gasteiger partial charge in [0.1, 0.15) is 0 Å². The molecule has 0 aromatic heterocycles. The van der Waals surface area contributed by atoms with Crippen molar-refractivity contribution in [2.45, 2.75) is 45.6 Å². The summed E-state index contributed by atoms with van der Waals surface area (Å²) >= 11 is 0. The maximum Gasteiger partial charge on any atom is 0.239 e. The second-order valence-corrected chi connectivity index (χ2v) is 6.64. The van der Waals surface area contributed by atoms with Gasteiger partial charge in [-0.3, -0.25) is 4.79 Å². The van der Waals surface area contributed by atoms with Crippen molar-refractivity contribution in [3.63, 3.8) is 0 Å². The fraction of sp³-hybridized carbons (Fsp3) is 0.588. The molecule has 0 unspecified atom stereocenters. The number of nitrogens with zero attached hydrogens (tertiary/aromatic N) is 1. The van der Waals surface area contributed by atoms with Crippen LogP contribution >= 0.6 is 0 Å². The Balaban J connectivity index is 1.93. The molecule has 20 heavy (non-hydrogen) atoms. The first-order valence-corrected chi connectivity index (χ1v) is 7.56. The third kappa shape index (κ3) is 4.07. The van der Waals surface area contributed by atoms with E-state index in [0.717, 1.165) is 31.5 Å². The zero-order chi connectivity index (χ0) is 14.6. The van der Waals surface area contributed by atoms with Crippen LogP contribution in [0.5, 0.6) is 0 Å². The average molecular weight is 274 g/mol. The number of nitrogens with two attached hydrogens (primary N) is 1. The molecule has 1 aromatic rings. The van der Waals surface area contributed by atoms with Crippen molar-refractivity contribution in [2.24, 2.45) is 11.1 Å². The van der Waals surface area contributed by atoms with E-state index < -0.39 is 6.04 Å². The first-order valence-electron chi connectivity index (χ1n) is 7.56. The molecule has 110 valence electrons. The van der Waals surface area contributed by atoms with Gasteiger partial charge >= 0.3 is 0 Å². The summed E-state index contributed by atoms with van der Waals surface area (Å²) in [5.41, 5.74) is 7.58. The average Bonchev–Trinajstić information content (AvgIpc) is 2.60. The van der Waals surface area contributed by atoms with Crippen LogP contribution in [-0.2, 0) is 11.2 Å². The molecule has 1 saturated heterocycles. The van der Waals surface area contributed by atoms with Crippen LogP contribution in [0.25, 0.3) is 0 Å². The van der Waals surface area contributed by atoms with E-state index in [1.165, 1.54) is 6.42 Å². The van der Waals surface area contributed by atoms with Crippen molar-refractivity contribution in [3.8, 4) is 0 Å². The highest BCUT2D eigenvalue weighted by atomic mass is 16.2. The maximum atomic E-state index is 12.5. The molecule has 0 bridgehead atoms. The van der Waals surface area contributed by atoms with Crippen LogP contribution < -0.4 is 5.73 Å². The molecule has 0 aliphatic carbocycles. The van der Waals surface area contributed by atoms with Crippen molar-refractivity contribution < 1.29 is 4.79 Å². The lowest BCUT2D eigenvalue weighted by Gasteiger charge is -2.25. The third-order valence-corrected chi connectivity index (χ3v) is 4.27. The third-order valence-electron chi connectivity index (χ3n) is 4.27. The molecule has 1 atom stereocenters. The number of rotatable bonds is 3. The molecule has 1 aliphatic heterocycles. The summed E-state index contributed by atoms with van der Waals surface area (Å²) in [5, 5.41) is 0. The number of carbonyl (C=O) groups excluding carboxylic acids is 1. The summed E-state index contributed by atoms with van der Waals surface area (Å²) in [7, 11) is 0. The second-order valence-electron chi connectivity index (χ2n) is 6.64. The van der Waals surface area contributed by atoms with E-state index in [4.69, 9.17) is 5.73 Å². The van der Waals surface area contributed by atoms with Gasteiger partial charge in [-0.15, -0.1) is 0 Å². The van der Waals surface area contributed by atoms with Gasteiger partial charge < -0.3 is 10.6 Å². The molecule has 2 N–H and O–H groups in total. The molecule has 0 spiro atoms. The molecule has 3 heteroatoms. The molecule has 1 heterocycles. The molecule has 2 rings (SSSR count). The summed E-state index contributed by atoms with van der Waals surface area (Å²) in [5.74, 6) is 0.103. The number of likely N-dealkylation sites (tertiary alicyclic amines) is 1. The highest BCUT2D eigenvalue weighted by Crippen LogP contribution is 2.29. The molecule has 1 amide bonds. The summed E-state index contributed by atoms with van der Waals surface area (Å²) in [4.78, 5) is 14.4. The van der Waals surface area contributed by atoms with Gasteiger partial charge in [0.25, 0.3) is 0 Å². The fourth-order valence-electron chi connectivity index (χ4n) is 2.83. The van der Waals surface area contributed by atoms with E-state index in [9.17, 15) is 4.79 Å². The standard InChI is InChI=1S/C17H26N2O/c1-17(2)9-6-11-19(12-10-17)16(20)15(18)13-14-7-4-3-5-8-14/h3-5,7-8,15H,6,9-13,18H2,1-2H3/t15-/m0/s1. The quantitative estimate of drug-likeness (QED) is 0.921. The van der Waals surface area contributed by atoms with E-state index in [2.05, 4.69) is 13.8 Å². The lowest BCUT2D eigenvalue weighted by atomic mass is 9.85. The zero-order valence-electron chi connectivity index (χ0n) is 12.6. The van der Waals surface area contributed by atoms with Crippen LogP contribution in [-0.4, -0.2) is 29.9 Å². The van der Waals surface area contributed by atoms with Crippen LogP contribution in [0.15, 0.2) is 30.3 Å². The highest BCUT2D eigenvalue weighted by molar-refractivity contribution is 5.82. The number of benzene rings is 1. The molecule has 0 radical (unpaired) electrons. The maximum absolute atomic E-state index is 12.5. The Morgan fingerprint density at radius 1 is 1.25 bits per heavy atom. The normalized spacial score (nSPS) is 20.2. The van der Waals surface area contributed by atoms with Gasteiger partial charge in [-0.2, -0.15) is 0 Å². The van der Waals surface area contributed by atoms with Gasteiger partial charge in [0, 0.05) is 13.1 Å². The summed E-state index contributed by atoms with van der Waals surface area (Å²) in [6.07, 6.45) is 3.96. The van der Waals surface area contributed by atoms with Crippen molar-refractivity contribution in [1.29, 1.82) is 0 Å². The van der Waals surface area contributed by atoms with Crippen LogP contribution in [0.1, 0.15) is 38.7 Å². The minimum Gasteiger partial charge on any atom is -0.341 e. The van der Waals surface area contributed by atoms with Crippen molar-refractivity contribution in [3.05, 3.63) is 35.9 Å². The first-order chi connectivity index (χ1) is 9.48. The number of hydrogen-bond donors (Lipinski definition) is 1. The van der Waals surface area contributed by atoms with Crippen molar-refractivity contribution >= 4 is 5.91 Å². The first kappa shape index (κ1) is 15.0. The number of carbonyl (C=O) groups is 1. The predicted octanol–water partition coefficient (Wildman–Crippen LogP) is 2.60. The SMILES string of the molecule is CC1(C)CCCN(C(=O)[C@@H](N)Cc2ccccc2)CC1. The molecule has 0 saturated carbocycles. The largest absolute Gasteiger partial charge is 0.341 e. The zero-order valence-corrected chi connectivity index (χ0v) is 12.6. The van der Waals surface area contributed by atoms with Gasteiger partial charge in [0.15, 0.2) is 0 Å². The number of amides is 1. The summed E-state index contributed by atoms with van der Waals surface area (Å²) in [6.45, 7) is 6.26. The second kappa shape index (κ2) is 6.40. The number of hydrogen-bond acceptors (Lipinski definition) is 2. The monoisotopic (exact) mass is 274 g/mol. The molecular weight excluding hydrogens is 248 g/mol. The Morgan fingerprint density at radius 2 is 1.95 bits per heavy atom. The van der Waals surface area contributed by atoms with E-state index in [1.54, 1.807) is 0 Å². The van der Waals surface area contributed by atoms with Gasteiger partial charge in [0.05, 0.1) is 6.04 Å². The molecule has 1 aliphatic rings. The predicted molar refractivity (Wildman–Crippen MR) is 82.3 cm³/mol. The lowest BCUT2D eigenvalue weighted by molar-refractivity contribution is -0.132. The molecular formula is C17H26N2O. The van der Waals surface area contributed by atoms with E-state index >= 15 is 0 Å². The van der Waals surface area contributed by atoms with E-state index in [1.807, 2.05) is 35.2 Å². The van der Waals surface area contributed by atoms with Gasteiger partial charge in [-0.05, 0) is 36.7 Å². The Hall–Kier alpha value is -1.35. The fourth-order valence-corrected chi connectivity index (χ4v) is 2.83. The van der Waals surface area contributed by atoms with Crippen LogP contribution in [0, 0.1) is 5.41 Å². The lowest BCUT2D eigenvalue weighted by Crippen LogP contribution is -2.45. The van der Waals surface area contributed by atoms with Crippen LogP contribution in [0.3, 0.4) is 0 Å². The molecule has 1 aromatic carbocycles. The molecule has 3 nitrogen and oxygen atoms in total. The minimum atomic E-state index is -0.418. The van der Waals surface area contributed by atoms with Crippen molar-refractivity contribution in [2.75, 3.05) is 13.1 Å². The van der Waals surface area contributed by atoms with Gasteiger partial charge in [0.2, 0.25) is 5.91 Å². The van der Waals surface area contributed by atoms with E-state index in [-0.39, 0.29) is 5.91 Å². The minimum absolute atomic E-state index is 0.103. The Bertz CT molecular complexity index is 442. The highest BCUT2D eigenvalue weighted by Gasteiger charge is 2.27.